The van der Waals surface area contributed by atoms with Gasteiger partial charge >= 0.3 is 5.97 Å². The molecule has 0 spiro atoms. The molecule has 0 aliphatic rings. The van der Waals surface area contributed by atoms with Crippen LogP contribution in [-0.4, -0.2) is 35.7 Å². The maximum Gasteiger partial charge on any atom is 0.328 e. The summed E-state index contributed by atoms with van der Waals surface area (Å²) in [6, 6.07) is 5.64. The lowest BCUT2D eigenvalue weighted by Gasteiger charge is -2.07. The number of aliphatic hydroxyl groups excluding tert-OH is 1. The Hall–Kier alpha value is -1.46. The van der Waals surface area contributed by atoms with Crippen molar-refractivity contribution in [1.29, 1.82) is 0 Å². The van der Waals surface area contributed by atoms with Gasteiger partial charge in [-0.25, -0.2) is 4.79 Å². The Morgan fingerprint density at radius 2 is 2.28 bits per heavy atom. The number of carbonyl (C=O) groups is 1. The van der Waals surface area contributed by atoms with Crippen LogP contribution in [0.4, 0.5) is 0 Å². The second-order valence-electron chi connectivity index (χ2n) is 3.52. The quantitative estimate of drug-likeness (QED) is 0.585. The highest BCUT2D eigenvalue weighted by molar-refractivity contribution is 7.98. The predicted octanol–water partition coefficient (Wildman–Crippen LogP) is 2.02. The fraction of sp³-hybridized carbons (Fsp3) is 0.308. The van der Waals surface area contributed by atoms with Crippen LogP contribution in [0.2, 0.25) is 0 Å². The maximum absolute atomic E-state index is 10.5. The van der Waals surface area contributed by atoms with Gasteiger partial charge < -0.3 is 14.9 Å². The SMILES string of the molecule is COc1ccc(CSCCO)cc1C=CC(=O)O. The van der Waals surface area contributed by atoms with Crippen LogP contribution < -0.4 is 4.74 Å². The van der Waals surface area contributed by atoms with Crippen LogP contribution in [0.25, 0.3) is 6.08 Å². The van der Waals surface area contributed by atoms with Crippen LogP contribution in [-0.2, 0) is 10.5 Å². The van der Waals surface area contributed by atoms with Crippen LogP contribution in [0, 0.1) is 0 Å². The second kappa shape index (κ2) is 7.79. The summed E-state index contributed by atoms with van der Waals surface area (Å²) in [7, 11) is 1.55. The molecule has 0 fully saturated rings. The minimum atomic E-state index is -0.989. The lowest BCUT2D eigenvalue weighted by molar-refractivity contribution is -0.131. The van der Waals surface area contributed by atoms with E-state index in [1.54, 1.807) is 18.9 Å². The molecule has 1 rings (SSSR count). The Kier molecular flexibility index (Phi) is 6.32. The third-order valence-corrected chi connectivity index (χ3v) is 3.21. The number of carboxylic acid groups (broad SMARTS) is 1. The number of rotatable bonds is 7. The molecule has 0 saturated carbocycles. The minimum absolute atomic E-state index is 0.159. The summed E-state index contributed by atoms with van der Waals surface area (Å²) in [4.78, 5) is 10.5. The normalized spacial score (nSPS) is 10.8. The first kappa shape index (κ1) is 14.6. The average molecular weight is 268 g/mol. The zero-order chi connectivity index (χ0) is 13.4. The topological polar surface area (TPSA) is 66.8 Å². The van der Waals surface area contributed by atoms with Crippen molar-refractivity contribution in [3.8, 4) is 5.75 Å². The van der Waals surface area contributed by atoms with Crippen LogP contribution in [0.3, 0.4) is 0 Å². The molecular formula is C13H16O4S. The van der Waals surface area contributed by atoms with Crippen molar-refractivity contribution in [2.24, 2.45) is 0 Å². The van der Waals surface area contributed by atoms with E-state index in [0.29, 0.717) is 11.5 Å². The molecule has 0 unspecified atom stereocenters. The fourth-order valence-corrected chi connectivity index (χ4v) is 2.11. The standard InChI is InChI=1S/C13H16O4S/c1-17-12-4-2-10(9-18-7-6-14)8-11(12)3-5-13(15)16/h2-5,8,14H,6-7,9H2,1H3,(H,15,16). The lowest BCUT2D eigenvalue weighted by Crippen LogP contribution is -1.92. The van der Waals surface area contributed by atoms with Crippen molar-refractivity contribution in [2.45, 2.75) is 5.75 Å². The molecule has 0 atom stereocenters. The molecule has 0 aromatic heterocycles. The lowest BCUT2D eigenvalue weighted by atomic mass is 10.1. The molecule has 0 aliphatic heterocycles. The molecule has 0 radical (unpaired) electrons. The molecule has 1 aromatic rings. The van der Waals surface area contributed by atoms with Crippen molar-refractivity contribution >= 4 is 23.8 Å². The van der Waals surface area contributed by atoms with Gasteiger partial charge in [-0.15, -0.1) is 0 Å². The van der Waals surface area contributed by atoms with E-state index >= 15 is 0 Å². The van der Waals surface area contributed by atoms with Crippen molar-refractivity contribution < 1.29 is 19.7 Å². The molecule has 18 heavy (non-hydrogen) atoms. The van der Waals surface area contributed by atoms with Crippen molar-refractivity contribution in [1.82, 2.24) is 0 Å². The Balaban J connectivity index is 2.84. The van der Waals surface area contributed by atoms with Gasteiger partial charge in [0.2, 0.25) is 0 Å². The fourth-order valence-electron chi connectivity index (χ4n) is 1.42. The van der Waals surface area contributed by atoms with Gasteiger partial charge in [0.25, 0.3) is 0 Å². The van der Waals surface area contributed by atoms with Crippen molar-refractivity contribution in [2.75, 3.05) is 19.5 Å². The molecular weight excluding hydrogens is 252 g/mol. The van der Waals surface area contributed by atoms with E-state index in [1.165, 1.54) is 6.08 Å². The molecule has 0 aliphatic carbocycles. The van der Waals surface area contributed by atoms with Crippen LogP contribution in [0.1, 0.15) is 11.1 Å². The Morgan fingerprint density at radius 1 is 1.50 bits per heavy atom. The van der Waals surface area contributed by atoms with E-state index < -0.39 is 5.97 Å². The number of aliphatic hydroxyl groups is 1. The Bertz CT molecular complexity index is 429. The van der Waals surface area contributed by atoms with E-state index in [1.807, 2.05) is 18.2 Å². The van der Waals surface area contributed by atoms with Gasteiger partial charge in [-0.2, -0.15) is 11.8 Å². The third-order valence-electron chi connectivity index (χ3n) is 2.20. The third kappa shape index (κ3) is 4.81. The van der Waals surface area contributed by atoms with E-state index in [2.05, 4.69) is 0 Å². The van der Waals surface area contributed by atoms with Gasteiger partial charge in [-0.3, -0.25) is 0 Å². The number of benzene rings is 1. The zero-order valence-corrected chi connectivity index (χ0v) is 10.9. The summed E-state index contributed by atoms with van der Waals surface area (Å²) in [5.74, 6) is 1.12. The van der Waals surface area contributed by atoms with E-state index in [4.69, 9.17) is 14.9 Å². The van der Waals surface area contributed by atoms with Crippen molar-refractivity contribution in [3.63, 3.8) is 0 Å². The first-order chi connectivity index (χ1) is 8.67. The molecule has 98 valence electrons. The van der Waals surface area contributed by atoms with Gasteiger partial charge in [0, 0.05) is 23.1 Å². The highest BCUT2D eigenvalue weighted by Crippen LogP contribution is 2.23. The minimum Gasteiger partial charge on any atom is -0.496 e. The summed E-state index contributed by atoms with van der Waals surface area (Å²) in [6.07, 6.45) is 2.60. The Morgan fingerprint density at radius 3 is 2.89 bits per heavy atom. The molecule has 1 aromatic carbocycles. The number of hydrogen-bond donors (Lipinski definition) is 2. The number of aliphatic carboxylic acids is 1. The predicted molar refractivity (Wildman–Crippen MR) is 72.9 cm³/mol. The molecule has 0 amide bonds. The monoisotopic (exact) mass is 268 g/mol. The van der Waals surface area contributed by atoms with Crippen molar-refractivity contribution in [3.05, 3.63) is 35.4 Å². The number of thioether (sulfide) groups is 1. The molecule has 2 N–H and O–H groups in total. The number of methoxy groups -OCH3 is 1. The van der Waals surface area contributed by atoms with E-state index in [9.17, 15) is 4.79 Å². The van der Waals surface area contributed by atoms with Gasteiger partial charge in [-0.05, 0) is 23.8 Å². The number of carboxylic acids is 1. The molecule has 0 bridgehead atoms. The summed E-state index contributed by atoms with van der Waals surface area (Å²) in [5, 5.41) is 17.3. The van der Waals surface area contributed by atoms with Crippen LogP contribution in [0.5, 0.6) is 5.75 Å². The molecule has 5 heteroatoms. The highest BCUT2D eigenvalue weighted by atomic mass is 32.2. The largest absolute Gasteiger partial charge is 0.496 e. The highest BCUT2D eigenvalue weighted by Gasteiger charge is 2.02. The molecule has 0 heterocycles. The first-order valence-corrected chi connectivity index (χ1v) is 6.59. The summed E-state index contributed by atoms with van der Waals surface area (Å²) >= 11 is 1.62. The second-order valence-corrected chi connectivity index (χ2v) is 4.63. The van der Waals surface area contributed by atoms with Gasteiger partial charge in [-0.1, -0.05) is 6.07 Å². The summed E-state index contributed by atoms with van der Waals surface area (Å²) < 4.78 is 5.17. The van der Waals surface area contributed by atoms with Gasteiger partial charge in [0.1, 0.15) is 5.75 Å². The zero-order valence-electron chi connectivity index (χ0n) is 10.1. The van der Waals surface area contributed by atoms with E-state index in [-0.39, 0.29) is 6.61 Å². The van der Waals surface area contributed by atoms with Gasteiger partial charge in [0.15, 0.2) is 0 Å². The van der Waals surface area contributed by atoms with Crippen LogP contribution in [0.15, 0.2) is 24.3 Å². The average Bonchev–Trinajstić information content (AvgIpc) is 2.37. The van der Waals surface area contributed by atoms with Gasteiger partial charge in [0.05, 0.1) is 13.7 Å². The van der Waals surface area contributed by atoms with Crippen LogP contribution >= 0.6 is 11.8 Å². The Labute approximate surface area is 110 Å². The summed E-state index contributed by atoms with van der Waals surface area (Å²) in [5.41, 5.74) is 1.81. The number of ether oxygens (including phenoxy) is 1. The summed E-state index contributed by atoms with van der Waals surface area (Å²) in [6.45, 7) is 0.159. The molecule has 4 nitrogen and oxygen atoms in total. The maximum atomic E-state index is 10.5. The smallest absolute Gasteiger partial charge is 0.328 e. The number of hydrogen-bond acceptors (Lipinski definition) is 4. The molecule has 0 saturated heterocycles. The van der Waals surface area contributed by atoms with E-state index in [0.717, 1.165) is 23.0 Å². The first-order valence-electron chi connectivity index (χ1n) is 5.44.